The van der Waals surface area contributed by atoms with Crippen LogP contribution < -0.4 is 0 Å². The lowest BCUT2D eigenvalue weighted by Crippen LogP contribution is -2.42. The summed E-state index contributed by atoms with van der Waals surface area (Å²) in [4.78, 5) is 12.8. The van der Waals surface area contributed by atoms with Crippen LogP contribution in [-0.2, 0) is 17.8 Å². The molecule has 1 atom stereocenters. The Bertz CT molecular complexity index is 363. The molecule has 0 saturated carbocycles. The van der Waals surface area contributed by atoms with E-state index in [1.807, 2.05) is 44.0 Å². The van der Waals surface area contributed by atoms with Crippen molar-refractivity contribution >= 4 is 5.97 Å². The molecule has 0 aromatic heterocycles. The second-order valence-electron chi connectivity index (χ2n) is 3.74. The fourth-order valence-corrected chi connectivity index (χ4v) is 1.93. The molecule has 3 heteroatoms. The molecule has 1 aromatic rings. The lowest BCUT2D eigenvalue weighted by molar-refractivity contribution is -0.143. The van der Waals surface area contributed by atoms with Crippen molar-refractivity contribution in [2.24, 2.45) is 0 Å². The van der Waals surface area contributed by atoms with Crippen molar-refractivity contribution in [3.05, 3.63) is 35.4 Å². The largest absolute Gasteiger partial charge is 0.480 e. The third-order valence-corrected chi connectivity index (χ3v) is 2.77. The van der Waals surface area contributed by atoms with Crippen molar-refractivity contribution in [1.82, 2.24) is 4.90 Å². The lowest BCUT2D eigenvalue weighted by Gasteiger charge is -2.30. The van der Waals surface area contributed by atoms with Gasteiger partial charge >= 0.3 is 5.97 Å². The summed E-state index contributed by atoms with van der Waals surface area (Å²) in [5, 5.41) is 8.99. The first kappa shape index (κ1) is 12.7. The first-order chi connectivity index (χ1) is 7.68. The van der Waals surface area contributed by atoms with Crippen molar-refractivity contribution in [1.29, 1.82) is 0 Å². The second kappa shape index (κ2) is 5.66. The highest BCUT2D eigenvalue weighted by Gasteiger charge is 2.28. The van der Waals surface area contributed by atoms with E-state index in [4.69, 9.17) is 5.11 Å². The van der Waals surface area contributed by atoms with E-state index in [1.165, 1.54) is 5.56 Å². The molecule has 88 valence electrons. The zero-order valence-electron chi connectivity index (χ0n) is 10.1. The van der Waals surface area contributed by atoms with E-state index < -0.39 is 5.97 Å². The minimum Gasteiger partial charge on any atom is -0.480 e. The maximum absolute atomic E-state index is 10.9. The van der Waals surface area contributed by atoms with Crippen LogP contribution in [0.4, 0.5) is 0 Å². The van der Waals surface area contributed by atoms with E-state index in [9.17, 15) is 4.79 Å². The fourth-order valence-electron chi connectivity index (χ4n) is 1.93. The molecule has 1 heterocycles. The number of benzene rings is 1. The van der Waals surface area contributed by atoms with Gasteiger partial charge in [0.1, 0.15) is 6.04 Å². The number of fused-ring (bicyclic) bond motifs is 1. The minimum absolute atomic E-state index is 0.370. The number of aliphatic carboxylic acids is 1. The molecule has 2 rings (SSSR count). The van der Waals surface area contributed by atoms with E-state index >= 15 is 0 Å². The Kier molecular flexibility index (Phi) is 4.50. The first-order valence-corrected chi connectivity index (χ1v) is 5.68. The Morgan fingerprint density at radius 1 is 1.31 bits per heavy atom. The molecule has 1 N–H and O–H groups in total. The molecule has 0 fully saturated rings. The van der Waals surface area contributed by atoms with Gasteiger partial charge in [0, 0.05) is 6.54 Å². The number of carboxylic acid groups (broad SMARTS) is 1. The topological polar surface area (TPSA) is 40.5 Å². The van der Waals surface area contributed by atoms with Crippen molar-refractivity contribution in [3.63, 3.8) is 0 Å². The molecule has 1 unspecified atom stereocenters. The van der Waals surface area contributed by atoms with Crippen LogP contribution in [0.15, 0.2) is 24.3 Å². The third kappa shape index (κ3) is 2.61. The molecule has 0 amide bonds. The summed E-state index contributed by atoms with van der Waals surface area (Å²) >= 11 is 0. The van der Waals surface area contributed by atoms with Crippen molar-refractivity contribution in [2.45, 2.75) is 32.9 Å². The van der Waals surface area contributed by atoms with Gasteiger partial charge in [0.25, 0.3) is 0 Å². The van der Waals surface area contributed by atoms with Crippen LogP contribution >= 0.6 is 0 Å². The maximum Gasteiger partial charge on any atom is 0.321 e. The van der Waals surface area contributed by atoms with Crippen LogP contribution in [0, 0.1) is 0 Å². The number of hydrogen-bond acceptors (Lipinski definition) is 2. The van der Waals surface area contributed by atoms with Gasteiger partial charge in [0.05, 0.1) is 0 Å². The van der Waals surface area contributed by atoms with Crippen LogP contribution in [0.25, 0.3) is 0 Å². The summed E-state index contributed by atoms with van der Waals surface area (Å²) in [6.45, 7) is 4.73. The molecule has 1 aromatic carbocycles. The Balaban J connectivity index is 0.000000606. The quantitative estimate of drug-likeness (QED) is 0.790. The second-order valence-corrected chi connectivity index (χ2v) is 3.74. The first-order valence-electron chi connectivity index (χ1n) is 5.68. The smallest absolute Gasteiger partial charge is 0.321 e. The number of likely N-dealkylation sites (N-methyl/N-ethyl adjacent to an activating group) is 1. The van der Waals surface area contributed by atoms with Crippen LogP contribution in [-0.4, -0.2) is 29.1 Å². The normalized spacial score (nSPS) is 19.3. The van der Waals surface area contributed by atoms with Gasteiger partial charge in [-0.1, -0.05) is 38.1 Å². The van der Waals surface area contributed by atoms with Crippen LogP contribution in [0.2, 0.25) is 0 Å². The molecule has 0 aliphatic carbocycles. The summed E-state index contributed by atoms with van der Waals surface area (Å²) < 4.78 is 0. The van der Waals surface area contributed by atoms with Gasteiger partial charge in [0.2, 0.25) is 0 Å². The Morgan fingerprint density at radius 3 is 2.44 bits per heavy atom. The highest BCUT2D eigenvalue weighted by Crippen LogP contribution is 2.21. The van der Waals surface area contributed by atoms with Gasteiger partial charge in [-0.05, 0) is 24.6 Å². The molecule has 1 aliphatic heterocycles. The molecular weight excluding hydrogens is 202 g/mol. The lowest BCUT2D eigenvalue weighted by atomic mass is 9.95. The zero-order valence-corrected chi connectivity index (χ0v) is 10.1. The molecule has 0 saturated heterocycles. The highest BCUT2D eigenvalue weighted by atomic mass is 16.4. The Labute approximate surface area is 96.7 Å². The molecule has 1 aliphatic rings. The van der Waals surface area contributed by atoms with E-state index in [-0.39, 0.29) is 6.04 Å². The molecule has 0 spiro atoms. The standard InChI is InChI=1S/C11H13NO2.C2H6/c1-12-7-9-5-3-2-4-8(9)6-10(12)11(13)14;1-2/h2-5,10H,6-7H2,1H3,(H,13,14);1-2H3. The Hall–Kier alpha value is -1.35. The number of nitrogens with zero attached hydrogens (tertiary/aromatic N) is 1. The molecule has 16 heavy (non-hydrogen) atoms. The Morgan fingerprint density at radius 2 is 1.88 bits per heavy atom. The predicted molar refractivity (Wildman–Crippen MR) is 64.4 cm³/mol. The molecule has 0 bridgehead atoms. The van der Waals surface area contributed by atoms with Gasteiger partial charge in [-0.25, -0.2) is 0 Å². The van der Waals surface area contributed by atoms with E-state index in [1.54, 1.807) is 0 Å². The SMILES string of the molecule is CC.CN1Cc2ccccc2CC1C(=O)O. The summed E-state index contributed by atoms with van der Waals surface area (Å²) in [7, 11) is 1.86. The zero-order chi connectivity index (χ0) is 12.1. The number of carbonyl (C=O) groups is 1. The summed E-state index contributed by atoms with van der Waals surface area (Å²) in [5.41, 5.74) is 2.41. The van der Waals surface area contributed by atoms with Gasteiger partial charge < -0.3 is 5.11 Å². The molecular formula is C13H19NO2. The average Bonchev–Trinajstić information content (AvgIpc) is 2.30. The number of carboxylic acids is 1. The molecule has 0 radical (unpaired) electrons. The van der Waals surface area contributed by atoms with E-state index in [0.29, 0.717) is 6.42 Å². The van der Waals surface area contributed by atoms with Gasteiger partial charge in [-0.15, -0.1) is 0 Å². The fraction of sp³-hybridized carbons (Fsp3) is 0.462. The van der Waals surface area contributed by atoms with E-state index in [0.717, 1.165) is 12.1 Å². The summed E-state index contributed by atoms with van der Waals surface area (Å²) in [5.74, 6) is -0.734. The van der Waals surface area contributed by atoms with Crippen molar-refractivity contribution in [3.8, 4) is 0 Å². The van der Waals surface area contributed by atoms with Crippen LogP contribution in [0.3, 0.4) is 0 Å². The monoisotopic (exact) mass is 221 g/mol. The predicted octanol–water partition coefficient (Wildman–Crippen LogP) is 2.15. The number of rotatable bonds is 1. The van der Waals surface area contributed by atoms with E-state index in [2.05, 4.69) is 6.07 Å². The van der Waals surface area contributed by atoms with Gasteiger partial charge in [-0.3, -0.25) is 9.69 Å². The van der Waals surface area contributed by atoms with Gasteiger partial charge in [0.15, 0.2) is 0 Å². The highest BCUT2D eigenvalue weighted by molar-refractivity contribution is 5.74. The molecule has 3 nitrogen and oxygen atoms in total. The summed E-state index contributed by atoms with van der Waals surface area (Å²) in [6.07, 6.45) is 0.613. The average molecular weight is 221 g/mol. The van der Waals surface area contributed by atoms with Gasteiger partial charge in [-0.2, -0.15) is 0 Å². The van der Waals surface area contributed by atoms with Crippen molar-refractivity contribution in [2.75, 3.05) is 7.05 Å². The van der Waals surface area contributed by atoms with Crippen molar-refractivity contribution < 1.29 is 9.90 Å². The van der Waals surface area contributed by atoms with Crippen LogP contribution in [0.5, 0.6) is 0 Å². The third-order valence-electron chi connectivity index (χ3n) is 2.77. The maximum atomic E-state index is 10.9. The summed E-state index contributed by atoms with van der Waals surface area (Å²) in [6, 6.07) is 7.66. The minimum atomic E-state index is -0.734. The number of hydrogen-bond donors (Lipinski definition) is 1. The van der Waals surface area contributed by atoms with Crippen LogP contribution in [0.1, 0.15) is 25.0 Å².